The highest BCUT2D eigenvalue weighted by Crippen LogP contribution is 2.22. The largest absolute Gasteiger partial charge is 0.481 e. The number of aromatic nitrogens is 1. The minimum Gasteiger partial charge on any atom is -0.481 e. The lowest BCUT2D eigenvalue weighted by Gasteiger charge is -2.35. The highest BCUT2D eigenvalue weighted by Gasteiger charge is 2.33. The minimum atomic E-state index is -3.80. The van der Waals surface area contributed by atoms with Crippen molar-refractivity contribution < 1.29 is 22.7 Å². The maximum absolute atomic E-state index is 12.9. The number of carbonyl (C=O) groups excluding carboxylic acids is 2. The molecule has 1 aliphatic rings. The van der Waals surface area contributed by atoms with Crippen molar-refractivity contribution in [1.82, 2.24) is 13.8 Å². The Kier molecular flexibility index (Phi) is 6.39. The number of piperazine rings is 1. The van der Waals surface area contributed by atoms with Gasteiger partial charge in [-0.05, 0) is 31.2 Å². The molecule has 0 saturated carbocycles. The van der Waals surface area contributed by atoms with Crippen molar-refractivity contribution in [3.63, 3.8) is 0 Å². The highest BCUT2D eigenvalue weighted by atomic mass is 35.5. The number of halogens is 1. The third-order valence-corrected chi connectivity index (χ3v) is 6.98. The van der Waals surface area contributed by atoms with Gasteiger partial charge in [-0.15, -0.1) is 0 Å². The van der Waals surface area contributed by atoms with Gasteiger partial charge in [0.05, 0.1) is 0 Å². The first kappa shape index (κ1) is 22.1. The molecular weight excluding hydrogens is 432 g/mol. The van der Waals surface area contributed by atoms with Crippen LogP contribution < -0.4 is 10.5 Å². The lowest BCUT2D eigenvalue weighted by molar-refractivity contribution is -0.139. The summed E-state index contributed by atoms with van der Waals surface area (Å²) < 4.78 is 34.1. The lowest BCUT2D eigenvalue weighted by Crippen LogP contribution is -2.53. The second-order valence-electron chi connectivity index (χ2n) is 6.98. The summed E-state index contributed by atoms with van der Waals surface area (Å²) in [6.45, 7) is 2.38. The summed E-state index contributed by atoms with van der Waals surface area (Å²) in [5.74, 6) is -0.454. The van der Waals surface area contributed by atoms with Crippen molar-refractivity contribution in [2.75, 3.05) is 26.2 Å². The molecule has 1 aromatic carbocycles. The van der Waals surface area contributed by atoms with Crippen LogP contribution in [0.4, 0.5) is 0 Å². The Labute approximate surface area is 180 Å². The molecule has 1 atom stereocenters. The van der Waals surface area contributed by atoms with Crippen LogP contribution in [0.15, 0.2) is 41.4 Å². The van der Waals surface area contributed by atoms with Gasteiger partial charge >= 0.3 is 0 Å². The van der Waals surface area contributed by atoms with Crippen molar-refractivity contribution in [1.29, 1.82) is 0 Å². The number of carbonyl (C=O) groups is 2. The van der Waals surface area contributed by atoms with Gasteiger partial charge in [0.2, 0.25) is 10.0 Å². The number of primary amides is 1. The van der Waals surface area contributed by atoms with E-state index in [1.165, 1.54) is 21.1 Å². The molecule has 9 nitrogen and oxygen atoms in total. The Balaban J connectivity index is 1.63. The van der Waals surface area contributed by atoms with E-state index in [4.69, 9.17) is 22.1 Å². The van der Waals surface area contributed by atoms with Crippen molar-refractivity contribution in [2.45, 2.75) is 17.9 Å². The molecule has 0 spiro atoms. The molecule has 0 aliphatic carbocycles. The SMILES string of the molecule is C[C@H](Oc1cccc(Cl)c1)C(=O)N1CCN(S(=O)(=O)c2cc(C(N)=O)n(C)c2)CC1. The van der Waals surface area contributed by atoms with Crippen LogP contribution in [0.25, 0.3) is 0 Å². The number of rotatable bonds is 6. The van der Waals surface area contributed by atoms with Crippen molar-refractivity contribution in [2.24, 2.45) is 12.8 Å². The number of hydrogen-bond acceptors (Lipinski definition) is 5. The first-order chi connectivity index (χ1) is 14.1. The van der Waals surface area contributed by atoms with Crippen LogP contribution in [0, 0.1) is 0 Å². The summed E-state index contributed by atoms with van der Waals surface area (Å²) in [6, 6.07) is 8.03. The van der Waals surface area contributed by atoms with Gasteiger partial charge in [0.1, 0.15) is 16.3 Å². The van der Waals surface area contributed by atoms with E-state index in [9.17, 15) is 18.0 Å². The summed E-state index contributed by atoms with van der Waals surface area (Å²) in [4.78, 5) is 25.6. The number of hydrogen-bond donors (Lipinski definition) is 1. The smallest absolute Gasteiger partial charge is 0.265 e. The molecule has 1 saturated heterocycles. The second kappa shape index (κ2) is 8.66. The van der Waals surface area contributed by atoms with Gasteiger partial charge in [0.25, 0.3) is 11.8 Å². The van der Waals surface area contributed by atoms with Gasteiger partial charge in [-0.3, -0.25) is 9.59 Å². The molecule has 3 rings (SSSR count). The molecule has 30 heavy (non-hydrogen) atoms. The fourth-order valence-electron chi connectivity index (χ4n) is 3.27. The Morgan fingerprint density at radius 1 is 1.17 bits per heavy atom. The molecular formula is C19H23ClN4O5S. The molecule has 2 amide bonds. The summed E-state index contributed by atoms with van der Waals surface area (Å²) in [6.07, 6.45) is 0.618. The predicted molar refractivity (Wildman–Crippen MR) is 111 cm³/mol. The molecule has 2 aromatic rings. The fraction of sp³-hybridized carbons (Fsp3) is 0.368. The van der Waals surface area contributed by atoms with Crippen molar-refractivity contribution >= 4 is 33.4 Å². The average Bonchev–Trinajstić information content (AvgIpc) is 3.10. The molecule has 2 heterocycles. The number of sulfonamides is 1. The van der Waals surface area contributed by atoms with Crippen LogP contribution in [-0.2, 0) is 21.9 Å². The summed E-state index contributed by atoms with van der Waals surface area (Å²) in [5, 5.41) is 0.506. The topological polar surface area (TPSA) is 115 Å². The van der Waals surface area contributed by atoms with E-state index >= 15 is 0 Å². The standard InChI is InChI=1S/C19H23ClN4O5S/c1-13(29-15-5-3-4-14(20)10-15)19(26)23-6-8-24(9-7-23)30(27,28)16-11-17(18(21)25)22(2)12-16/h3-5,10-13H,6-9H2,1-2H3,(H2,21,25)/t13-/m0/s1. The van der Waals surface area contributed by atoms with Crippen LogP contribution in [0.3, 0.4) is 0 Å². The summed E-state index contributed by atoms with van der Waals surface area (Å²) in [5.41, 5.74) is 5.37. The predicted octanol–water partition coefficient (Wildman–Crippen LogP) is 1.08. The molecule has 2 N–H and O–H groups in total. The number of aryl methyl sites for hydroxylation is 1. The van der Waals surface area contributed by atoms with Crippen LogP contribution in [0.5, 0.6) is 5.75 Å². The average molecular weight is 455 g/mol. The summed E-state index contributed by atoms with van der Waals surface area (Å²) in [7, 11) is -2.25. The number of nitrogens with two attached hydrogens (primary N) is 1. The van der Waals surface area contributed by atoms with Crippen molar-refractivity contribution in [3.8, 4) is 5.75 Å². The normalized spacial score (nSPS) is 16.3. The van der Waals surface area contributed by atoms with E-state index in [0.717, 1.165) is 0 Å². The maximum Gasteiger partial charge on any atom is 0.265 e. The van der Waals surface area contributed by atoms with Gasteiger partial charge in [-0.1, -0.05) is 17.7 Å². The van der Waals surface area contributed by atoms with E-state index in [1.54, 1.807) is 43.1 Å². The third kappa shape index (κ3) is 4.61. The monoisotopic (exact) mass is 454 g/mol. The molecule has 1 aliphatic heterocycles. The van der Waals surface area contributed by atoms with E-state index in [0.29, 0.717) is 10.8 Å². The van der Waals surface area contributed by atoms with Gasteiger partial charge in [0, 0.05) is 44.4 Å². The second-order valence-corrected chi connectivity index (χ2v) is 9.36. The zero-order valence-corrected chi connectivity index (χ0v) is 18.2. The van der Waals surface area contributed by atoms with Gasteiger partial charge < -0.3 is 19.9 Å². The van der Waals surface area contributed by atoms with Crippen LogP contribution >= 0.6 is 11.6 Å². The summed E-state index contributed by atoms with van der Waals surface area (Å²) >= 11 is 5.93. The third-order valence-electron chi connectivity index (χ3n) is 4.88. The lowest BCUT2D eigenvalue weighted by atomic mass is 10.2. The molecule has 11 heteroatoms. The molecule has 0 bridgehead atoms. The molecule has 0 unspecified atom stereocenters. The van der Waals surface area contributed by atoms with E-state index in [2.05, 4.69) is 0 Å². The van der Waals surface area contributed by atoms with Crippen LogP contribution in [0.2, 0.25) is 5.02 Å². The van der Waals surface area contributed by atoms with Gasteiger partial charge in [-0.25, -0.2) is 8.42 Å². The Hall–Kier alpha value is -2.56. The van der Waals surface area contributed by atoms with E-state index in [1.807, 2.05) is 0 Å². The minimum absolute atomic E-state index is 0.00349. The zero-order chi connectivity index (χ0) is 22.1. The Bertz CT molecular complexity index is 1060. The first-order valence-electron chi connectivity index (χ1n) is 9.27. The zero-order valence-electron chi connectivity index (χ0n) is 16.6. The molecule has 1 fully saturated rings. The van der Waals surface area contributed by atoms with E-state index in [-0.39, 0.29) is 42.7 Å². The van der Waals surface area contributed by atoms with Gasteiger partial charge in [-0.2, -0.15) is 4.31 Å². The maximum atomic E-state index is 12.9. The number of ether oxygens (including phenoxy) is 1. The Morgan fingerprint density at radius 2 is 1.83 bits per heavy atom. The number of benzene rings is 1. The number of nitrogens with zero attached hydrogens (tertiary/aromatic N) is 3. The molecule has 0 radical (unpaired) electrons. The van der Waals surface area contributed by atoms with Crippen LogP contribution in [0.1, 0.15) is 17.4 Å². The Morgan fingerprint density at radius 3 is 2.40 bits per heavy atom. The molecule has 162 valence electrons. The van der Waals surface area contributed by atoms with Crippen LogP contribution in [-0.4, -0.2) is 66.3 Å². The number of amides is 2. The fourth-order valence-corrected chi connectivity index (χ4v) is 4.94. The van der Waals surface area contributed by atoms with Crippen molar-refractivity contribution in [3.05, 3.63) is 47.2 Å². The highest BCUT2D eigenvalue weighted by molar-refractivity contribution is 7.89. The quantitative estimate of drug-likeness (QED) is 0.701. The van der Waals surface area contributed by atoms with Gasteiger partial charge in [0.15, 0.2) is 6.10 Å². The molecule has 1 aromatic heterocycles. The van der Waals surface area contributed by atoms with E-state index < -0.39 is 22.0 Å². The first-order valence-corrected chi connectivity index (χ1v) is 11.1.